The average Bonchev–Trinajstić information content (AvgIpc) is 2.47. The molecule has 3 heteroatoms. The van der Waals surface area contributed by atoms with Crippen molar-refractivity contribution in [3.63, 3.8) is 0 Å². The van der Waals surface area contributed by atoms with Crippen molar-refractivity contribution in [2.45, 2.75) is 33.7 Å². The Balaban J connectivity index is 2.40. The Bertz CT molecular complexity index is 331. The first kappa shape index (κ1) is 13.3. The monoisotopic (exact) mass is 224 g/mol. The SMILES string of the molecule is Cc1cc(CNCC(C)CCO)c(C)n1C. The van der Waals surface area contributed by atoms with Crippen LogP contribution in [0.15, 0.2) is 6.07 Å². The highest BCUT2D eigenvalue weighted by Crippen LogP contribution is 2.12. The van der Waals surface area contributed by atoms with Crippen LogP contribution in [0.1, 0.15) is 30.3 Å². The number of aromatic nitrogens is 1. The van der Waals surface area contributed by atoms with Gasteiger partial charge in [-0.15, -0.1) is 0 Å². The molecule has 1 aromatic rings. The van der Waals surface area contributed by atoms with Crippen molar-refractivity contribution in [3.05, 3.63) is 23.0 Å². The van der Waals surface area contributed by atoms with Crippen molar-refractivity contribution in [2.75, 3.05) is 13.2 Å². The molecule has 1 unspecified atom stereocenters. The molecule has 2 N–H and O–H groups in total. The van der Waals surface area contributed by atoms with E-state index in [1.807, 2.05) is 0 Å². The summed E-state index contributed by atoms with van der Waals surface area (Å²) in [7, 11) is 2.10. The van der Waals surface area contributed by atoms with Gasteiger partial charge in [0.05, 0.1) is 0 Å². The van der Waals surface area contributed by atoms with Crippen LogP contribution >= 0.6 is 0 Å². The van der Waals surface area contributed by atoms with E-state index >= 15 is 0 Å². The molecule has 0 aliphatic heterocycles. The van der Waals surface area contributed by atoms with Crippen LogP contribution in [-0.4, -0.2) is 22.8 Å². The lowest BCUT2D eigenvalue weighted by atomic mass is 10.1. The molecule has 1 heterocycles. The zero-order valence-electron chi connectivity index (χ0n) is 10.9. The predicted octanol–water partition coefficient (Wildman–Crippen LogP) is 1.75. The lowest BCUT2D eigenvalue weighted by molar-refractivity contribution is 0.260. The second-order valence-corrected chi connectivity index (χ2v) is 4.70. The molecule has 0 aromatic carbocycles. The van der Waals surface area contributed by atoms with Gasteiger partial charge in [0.15, 0.2) is 0 Å². The van der Waals surface area contributed by atoms with Gasteiger partial charge in [-0.1, -0.05) is 6.92 Å². The van der Waals surface area contributed by atoms with E-state index in [4.69, 9.17) is 5.11 Å². The van der Waals surface area contributed by atoms with E-state index in [0.717, 1.165) is 19.5 Å². The van der Waals surface area contributed by atoms with Crippen LogP contribution in [0.3, 0.4) is 0 Å². The minimum Gasteiger partial charge on any atom is -0.396 e. The Kier molecular flexibility index (Phi) is 5.03. The number of hydrogen-bond donors (Lipinski definition) is 2. The van der Waals surface area contributed by atoms with E-state index in [-0.39, 0.29) is 6.61 Å². The topological polar surface area (TPSA) is 37.2 Å². The highest BCUT2D eigenvalue weighted by molar-refractivity contribution is 5.26. The summed E-state index contributed by atoms with van der Waals surface area (Å²) < 4.78 is 2.22. The number of aliphatic hydroxyl groups is 1. The first-order valence-corrected chi connectivity index (χ1v) is 5.99. The smallest absolute Gasteiger partial charge is 0.0434 e. The van der Waals surface area contributed by atoms with E-state index in [1.54, 1.807) is 0 Å². The quantitative estimate of drug-likeness (QED) is 0.772. The molecule has 0 fully saturated rings. The highest BCUT2D eigenvalue weighted by Gasteiger charge is 2.06. The second-order valence-electron chi connectivity index (χ2n) is 4.70. The highest BCUT2D eigenvalue weighted by atomic mass is 16.3. The van der Waals surface area contributed by atoms with Gasteiger partial charge in [0.25, 0.3) is 0 Å². The molecule has 0 saturated carbocycles. The Morgan fingerprint density at radius 1 is 1.44 bits per heavy atom. The molecule has 0 bridgehead atoms. The normalized spacial score (nSPS) is 13.1. The summed E-state index contributed by atoms with van der Waals surface area (Å²) >= 11 is 0. The van der Waals surface area contributed by atoms with Gasteiger partial charge in [0.2, 0.25) is 0 Å². The first-order valence-electron chi connectivity index (χ1n) is 5.99. The van der Waals surface area contributed by atoms with Gasteiger partial charge in [-0.05, 0) is 44.4 Å². The van der Waals surface area contributed by atoms with Crippen LogP contribution in [0.4, 0.5) is 0 Å². The number of aryl methyl sites for hydroxylation is 1. The summed E-state index contributed by atoms with van der Waals surface area (Å²) in [4.78, 5) is 0. The van der Waals surface area contributed by atoms with Gasteiger partial charge in [-0.2, -0.15) is 0 Å². The van der Waals surface area contributed by atoms with Crippen LogP contribution in [0.25, 0.3) is 0 Å². The molecule has 1 atom stereocenters. The predicted molar refractivity (Wildman–Crippen MR) is 67.5 cm³/mol. The average molecular weight is 224 g/mol. The zero-order valence-corrected chi connectivity index (χ0v) is 10.9. The van der Waals surface area contributed by atoms with Gasteiger partial charge < -0.3 is 15.0 Å². The van der Waals surface area contributed by atoms with Gasteiger partial charge >= 0.3 is 0 Å². The summed E-state index contributed by atoms with van der Waals surface area (Å²) in [5.41, 5.74) is 4.01. The number of hydrogen-bond acceptors (Lipinski definition) is 2. The summed E-state index contributed by atoms with van der Waals surface area (Å²) in [6, 6.07) is 2.24. The number of rotatable bonds is 6. The molecule has 1 aromatic heterocycles. The van der Waals surface area contributed by atoms with Crippen LogP contribution in [-0.2, 0) is 13.6 Å². The molecular formula is C13H24N2O. The Morgan fingerprint density at radius 3 is 2.62 bits per heavy atom. The summed E-state index contributed by atoms with van der Waals surface area (Å²) in [5, 5.41) is 12.2. The van der Waals surface area contributed by atoms with Gasteiger partial charge in [0, 0.05) is 31.6 Å². The molecule has 16 heavy (non-hydrogen) atoms. The van der Waals surface area contributed by atoms with Gasteiger partial charge in [0.1, 0.15) is 0 Å². The van der Waals surface area contributed by atoms with Crippen LogP contribution in [0.5, 0.6) is 0 Å². The maximum atomic E-state index is 8.81. The van der Waals surface area contributed by atoms with E-state index in [0.29, 0.717) is 5.92 Å². The van der Waals surface area contributed by atoms with Crippen LogP contribution in [0.2, 0.25) is 0 Å². The third-order valence-electron chi connectivity index (χ3n) is 3.31. The van der Waals surface area contributed by atoms with Crippen molar-refractivity contribution >= 4 is 0 Å². The molecule has 0 spiro atoms. The number of nitrogens with one attached hydrogen (secondary N) is 1. The maximum absolute atomic E-state index is 8.81. The molecule has 0 amide bonds. The fourth-order valence-corrected chi connectivity index (χ4v) is 1.89. The lowest BCUT2D eigenvalue weighted by Crippen LogP contribution is -2.21. The minimum atomic E-state index is 0.284. The largest absolute Gasteiger partial charge is 0.396 e. The fourth-order valence-electron chi connectivity index (χ4n) is 1.89. The van der Waals surface area contributed by atoms with E-state index in [2.05, 4.69) is 43.8 Å². The van der Waals surface area contributed by atoms with Crippen molar-refractivity contribution in [2.24, 2.45) is 13.0 Å². The molecule has 1 rings (SSSR count). The molecule has 0 saturated heterocycles. The summed E-state index contributed by atoms with van der Waals surface area (Å²) in [6.07, 6.45) is 0.875. The van der Waals surface area contributed by atoms with E-state index in [1.165, 1.54) is 17.0 Å². The third-order valence-corrected chi connectivity index (χ3v) is 3.31. The fraction of sp³-hybridized carbons (Fsp3) is 0.692. The summed E-state index contributed by atoms with van der Waals surface area (Å²) in [5.74, 6) is 0.537. The minimum absolute atomic E-state index is 0.284. The van der Waals surface area contributed by atoms with Gasteiger partial charge in [-0.25, -0.2) is 0 Å². The van der Waals surface area contributed by atoms with Gasteiger partial charge in [-0.3, -0.25) is 0 Å². The number of nitrogens with zero attached hydrogens (tertiary/aromatic N) is 1. The van der Waals surface area contributed by atoms with Crippen molar-refractivity contribution in [1.82, 2.24) is 9.88 Å². The second kappa shape index (κ2) is 6.06. The molecule has 0 aliphatic rings. The third kappa shape index (κ3) is 3.35. The van der Waals surface area contributed by atoms with Crippen LogP contribution in [0, 0.1) is 19.8 Å². The Labute approximate surface area is 98.5 Å². The Hall–Kier alpha value is -0.800. The Morgan fingerprint density at radius 2 is 2.12 bits per heavy atom. The van der Waals surface area contributed by atoms with E-state index in [9.17, 15) is 0 Å². The standard InChI is InChI=1S/C13H24N2O/c1-10(5-6-16)8-14-9-13-7-11(2)15(4)12(13)3/h7,10,14,16H,5-6,8-9H2,1-4H3. The molecule has 0 radical (unpaired) electrons. The molecule has 92 valence electrons. The maximum Gasteiger partial charge on any atom is 0.0434 e. The van der Waals surface area contributed by atoms with E-state index < -0.39 is 0 Å². The lowest BCUT2D eigenvalue weighted by Gasteiger charge is -2.11. The van der Waals surface area contributed by atoms with Crippen LogP contribution < -0.4 is 5.32 Å². The van der Waals surface area contributed by atoms with Crippen molar-refractivity contribution in [3.8, 4) is 0 Å². The first-order chi connectivity index (χ1) is 7.56. The van der Waals surface area contributed by atoms with Crippen molar-refractivity contribution in [1.29, 1.82) is 0 Å². The summed E-state index contributed by atoms with van der Waals surface area (Å²) in [6.45, 7) is 8.61. The molecular weight excluding hydrogens is 200 g/mol. The molecule has 0 aliphatic carbocycles. The van der Waals surface area contributed by atoms with Crippen molar-refractivity contribution < 1.29 is 5.11 Å². The number of aliphatic hydroxyl groups excluding tert-OH is 1. The zero-order chi connectivity index (χ0) is 12.1. The molecule has 3 nitrogen and oxygen atoms in total.